The molecule has 192 valence electrons. The number of carboxylic acid groups (broad SMARTS) is 1. The fourth-order valence-corrected chi connectivity index (χ4v) is 9.99. The van der Waals surface area contributed by atoms with E-state index in [2.05, 4.69) is 33.4 Å². The first-order chi connectivity index (χ1) is 16.6. The van der Waals surface area contributed by atoms with Crippen molar-refractivity contribution in [3.05, 3.63) is 23.8 Å². The molecule has 11 atom stereocenters. The molecule has 4 aliphatic carbocycles. The van der Waals surface area contributed by atoms with Gasteiger partial charge in [0.2, 0.25) is 0 Å². The zero-order chi connectivity index (χ0) is 24.9. The number of carboxylic acids is 1. The number of rotatable bonds is 6. The van der Waals surface area contributed by atoms with Gasteiger partial charge in [0.1, 0.15) is 11.7 Å². The molecule has 6 nitrogen and oxygen atoms in total. The molecule has 0 radical (unpaired) electrons. The van der Waals surface area contributed by atoms with Crippen molar-refractivity contribution in [2.75, 3.05) is 13.2 Å². The zero-order valence-corrected chi connectivity index (χ0v) is 21.5. The maximum Gasteiger partial charge on any atom is 0.315 e. The minimum atomic E-state index is -1.20. The molecule has 6 aliphatic rings. The van der Waals surface area contributed by atoms with Crippen LogP contribution in [0.15, 0.2) is 23.8 Å². The summed E-state index contributed by atoms with van der Waals surface area (Å²) in [7, 11) is 0. The smallest absolute Gasteiger partial charge is 0.315 e. The third-order valence-corrected chi connectivity index (χ3v) is 11.3. The number of hydrogen-bond acceptors (Lipinski definition) is 5. The summed E-state index contributed by atoms with van der Waals surface area (Å²) in [5.74, 6) is 0.474. The molecular weight excluding hydrogens is 444 g/mol. The van der Waals surface area contributed by atoms with Crippen LogP contribution in [0.25, 0.3) is 0 Å². The normalized spacial score (nSPS) is 51.9. The second kappa shape index (κ2) is 7.75. The molecule has 1 N–H and O–H groups in total. The van der Waals surface area contributed by atoms with Crippen LogP contribution in [0.2, 0.25) is 0 Å². The van der Waals surface area contributed by atoms with Gasteiger partial charge in [0.15, 0.2) is 6.29 Å². The number of aldehydes is 1. The molecule has 2 heterocycles. The maximum absolute atomic E-state index is 13.5. The SMILES string of the molecule is C=C1CO[C@H]2[C@@H]1C[C@H](OCC13C[C@@H]4[C@H](C)CC[C@H]4C4(C=O)CC1C=C(C(C)C)C34C(=O)O)O[C@@H]2C. The predicted octanol–water partition coefficient (Wildman–Crippen LogP) is 4.63. The lowest BCUT2D eigenvalue weighted by atomic mass is 9.43. The van der Waals surface area contributed by atoms with Crippen molar-refractivity contribution in [3.63, 3.8) is 0 Å². The topological polar surface area (TPSA) is 82.1 Å². The van der Waals surface area contributed by atoms with Crippen LogP contribution in [-0.4, -0.2) is 49.1 Å². The molecule has 5 fully saturated rings. The summed E-state index contributed by atoms with van der Waals surface area (Å²) < 4.78 is 18.7. The Morgan fingerprint density at radius 3 is 2.77 bits per heavy atom. The van der Waals surface area contributed by atoms with Crippen molar-refractivity contribution in [1.82, 2.24) is 0 Å². The lowest BCUT2D eigenvalue weighted by Crippen LogP contribution is -2.63. The third-order valence-electron chi connectivity index (χ3n) is 11.3. The van der Waals surface area contributed by atoms with E-state index in [1.54, 1.807) is 0 Å². The highest BCUT2D eigenvalue weighted by molar-refractivity contribution is 5.90. The Morgan fingerprint density at radius 2 is 2.09 bits per heavy atom. The summed E-state index contributed by atoms with van der Waals surface area (Å²) in [4.78, 5) is 26.7. The van der Waals surface area contributed by atoms with Gasteiger partial charge in [0, 0.05) is 17.8 Å². The van der Waals surface area contributed by atoms with Crippen molar-refractivity contribution in [2.45, 2.75) is 78.3 Å². The average molecular weight is 485 g/mol. The second-order valence-corrected chi connectivity index (χ2v) is 12.8. The fourth-order valence-electron chi connectivity index (χ4n) is 9.99. The maximum atomic E-state index is 13.5. The molecular formula is C29H40O6. The summed E-state index contributed by atoms with van der Waals surface area (Å²) >= 11 is 0. The molecule has 0 aromatic heterocycles. The van der Waals surface area contributed by atoms with Crippen LogP contribution in [0.3, 0.4) is 0 Å². The van der Waals surface area contributed by atoms with Crippen molar-refractivity contribution < 1.29 is 28.9 Å². The lowest BCUT2D eigenvalue weighted by Gasteiger charge is -2.58. The van der Waals surface area contributed by atoms with E-state index in [0.29, 0.717) is 37.9 Å². The second-order valence-electron chi connectivity index (χ2n) is 12.8. The lowest BCUT2D eigenvalue weighted by molar-refractivity contribution is -0.248. The van der Waals surface area contributed by atoms with Crippen molar-refractivity contribution in [1.29, 1.82) is 0 Å². The van der Waals surface area contributed by atoms with Crippen LogP contribution in [-0.2, 0) is 23.8 Å². The minimum absolute atomic E-state index is 0.0141. The standard InChI is InChI=1S/C29H40O6/c1-15(2)23-8-19-10-27(13-30)22-7-6-16(3)21(22)11-28(19,29(23,27)26(31)32)14-34-24-9-20-17(4)12-33-25(20)18(5)35-24/h8,13,15-16,18-22,24-25H,4,6-7,9-12,14H2,1-3,5H3,(H,31,32)/t16-,18-,19?,20-,21-,22-,24-,25-,27?,28?,29?/m1/s1. The van der Waals surface area contributed by atoms with E-state index in [4.69, 9.17) is 14.2 Å². The summed E-state index contributed by atoms with van der Waals surface area (Å²) in [6, 6.07) is 0. The largest absolute Gasteiger partial charge is 0.481 e. The first kappa shape index (κ1) is 23.9. The van der Waals surface area contributed by atoms with Gasteiger partial charge in [-0.2, -0.15) is 0 Å². The molecule has 3 saturated carbocycles. The van der Waals surface area contributed by atoms with Gasteiger partial charge in [-0.15, -0.1) is 0 Å². The van der Waals surface area contributed by atoms with Gasteiger partial charge in [-0.05, 0) is 61.3 Å². The molecule has 4 unspecified atom stereocenters. The molecule has 0 spiro atoms. The number of fused-ring (bicyclic) bond motifs is 3. The third kappa shape index (κ3) is 2.72. The van der Waals surface area contributed by atoms with Crippen molar-refractivity contribution in [3.8, 4) is 0 Å². The Kier molecular flexibility index (Phi) is 5.29. The number of aliphatic carboxylic acids is 1. The van der Waals surface area contributed by atoms with E-state index in [-0.39, 0.29) is 35.9 Å². The van der Waals surface area contributed by atoms with E-state index in [9.17, 15) is 14.7 Å². The molecule has 0 aromatic rings. The highest BCUT2D eigenvalue weighted by Crippen LogP contribution is 2.82. The van der Waals surface area contributed by atoms with E-state index < -0.39 is 28.5 Å². The average Bonchev–Trinajstić information content (AvgIpc) is 3.50. The molecule has 35 heavy (non-hydrogen) atoms. The fraction of sp³-hybridized carbons (Fsp3) is 0.793. The molecule has 6 rings (SSSR count). The van der Waals surface area contributed by atoms with Gasteiger partial charge >= 0.3 is 5.97 Å². The van der Waals surface area contributed by atoms with Crippen LogP contribution in [0.5, 0.6) is 0 Å². The number of carbonyl (C=O) groups is 2. The summed E-state index contributed by atoms with van der Waals surface area (Å²) in [6.07, 6.45) is 6.92. The Labute approximate surface area is 208 Å². The molecule has 2 saturated heterocycles. The number of carbonyl (C=O) groups excluding carboxylic acids is 1. The molecule has 6 heteroatoms. The van der Waals surface area contributed by atoms with E-state index in [0.717, 1.165) is 36.7 Å². The van der Waals surface area contributed by atoms with Crippen LogP contribution in [0.4, 0.5) is 0 Å². The zero-order valence-electron chi connectivity index (χ0n) is 21.5. The minimum Gasteiger partial charge on any atom is -0.481 e. The molecule has 0 amide bonds. The molecule has 4 bridgehead atoms. The number of allylic oxidation sites excluding steroid dienone is 1. The monoisotopic (exact) mass is 484 g/mol. The predicted molar refractivity (Wildman–Crippen MR) is 129 cm³/mol. The highest BCUT2D eigenvalue weighted by atomic mass is 16.7. The van der Waals surface area contributed by atoms with Gasteiger partial charge in [-0.3, -0.25) is 4.79 Å². The quantitative estimate of drug-likeness (QED) is 0.437. The van der Waals surface area contributed by atoms with E-state index in [1.807, 2.05) is 6.92 Å². The molecule has 2 aliphatic heterocycles. The first-order valence-electron chi connectivity index (χ1n) is 13.6. The van der Waals surface area contributed by atoms with Crippen LogP contribution in [0.1, 0.15) is 59.8 Å². The summed E-state index contributed by atoms with van der Waals surface area (Å²) in [5.41, 5.74) is -0.635. The Hall–Kier alpha value is -1.50. The summed E-state index contributed by atoms with van der Waals surface area (Å²) in [6.45, 7) is 13.5. The van der Waals surface area contributed by atoms with Gasteiger partial charge in [0.05, 0.1) is 30.8 Å². The number of hydrogen-bond donors (Lipinski definition) is 1. The number of ether oxygens (including phenoxy) is 3. The van der Waals surface area contributed by atoms with Gasteiger partial charge in [0.25, 0.3) is 0 Å². The van der Waals surface area contributed by atoms with E-state index >= 15 is 0 Å². The van der Waals surface area contributed by atoms with Crippen molar-refractivity contribution in [2.24, 2.45) is 51.8 Å². The van der Waals surface area contributed by atoms with Gasteiger partial charge < -0.3 is 24.1 Å². The van der Waals surface area contributed by atoms with Gasteiger partial charge in [-0.1, -0.05) is 45.4 Å². The first-order valence-corrected chi connectivity index (χ1v) is 13.6. The molecule has 0 aromatic carbocycles. The van der Waals surface area contributed by atoms with Crippen molar-refractivity contribution >= 4 is 12.3 Å². The van der Waals surface area contributed by atoms with Crippen LogP contribution in [0, 0.1) is 51.8 Å². The van der Waals surface area contributed by atoms with E-state index in [1.165, 1.54) is 0 Å². The Balaban J connectivity index is 1.39. The highest BCUT2D eigenvalue weighted by Gasteiger charge is 2.84. The van der Waals surface area contributed by atoms with Gasteiger partial charge in [-0.25, -0.2) is 0 Å². The summed E-state index contributed by atoms with van der Waals surface area (Å²) in [5, 5.41) is 11.1. The van der Waals surface area contributed by atoms with Crippen LogP contribution < -0.4 is 0 Å². The van der Waals surface area contributed by atoms with Crippen LogP contribution >= 0.6 is 0 Å². The Bertz CT molecular complexity index is 986. The Morgan fingerprint density at radius 1 is 1.31 bits per heavy atom.